The maximum Gasteiger partial charge on any atom is 0.164 e. The van der Waals surface area contributed by atoms with Crippen molar-refractivity contribution in [1.82, 2.24) is 15.0 Å². The molecule has 0 bridgehead atoms. The van der Waals surface area contributed by atoms with Crippen molar-refractivity contribution in [2.45, 2.75) is 0 Å². The number of rotatable bonds is 5. The molecule has 4 nitrogen and oxygen atoms in total. The summed E-state index contributed by atoms with van der Waals surface area (Å²) in [5.41, 5.74) is 9.02. The van der Waals surface area contributed by atoms with Gasteiger partial charge in [-0.1, -0.05) is 133 Å². The van der Waals surface area contributed by atoms with Crippen LogP contribution in [-0.2, 0) is 0 Å². The SMILES string of the molecule is c1ccc(-c2ccc(-c3nc(-c4cccc(-c5cccc6c5sc5ccccc56)c4)nc(-c4ccc5c(c4)oc4ccccc45)n3)cc2)cc1. The highest BCUT2D eigenvalue weighted by Crippen LogP contribution is 2.40. The van der Waals surface area contributed by atoms with Gasteiger partial charge < -0.3 is 4.42 Å². The molecule has 0 saturated heterocycles. The van der Waals surface area contributed by atoms with E-state index in [-0.39, 0.29) is 0 Å². The molecule has 0 atom stereocenters. The quantitative estimate of drug-likeness (QED) is 0.185. The Hall–Kier alpha value is -6.43. The molecule has 0 radical (unpaired) electrons. The molecule has 10 rings (SSSR count). The zero-order valence-electron chi connectivity index (χ0n) is 26.7. The number of benzene rings is 7. The minimum absolute atomic E-state index is 0.594. The molecule has 234 valence electrons. The molecule has 0 N–H and O–H groups in total. The molecule has 3 heterocycles. The highest BCUT2D eigenvalue weighted by Gasteiger charge is 2.16. The molecule has 0 unspecified atom stereocenters. The van der Waals surface area contributed by atoms with Crippen LogP contribution in [0.15, 0.2) is 168 Å². The smallest absolute Gasteiger partial charge is 0.164 e. The van der Waals surface area contributed by atoms with Gasteiger partial charge in [0.1, 0.15) is 11.2 Å². The van der Waals surface area contributed by atoms with Crippen molar-refractivity contribution in [3.63, 3.8) is 0 Å². The summed E-state index contributed by atoms with van der Waals surface area (Å²) < 4.78 is 8.82. The molecule has 0 amide bonds. The van der Waals surface area contributed by atoms with E-state index in [4.69, 9.17) is 19.4 Å². The average molecular weight is 658 g/mol. The highest BCUT2D eigenvalue weighted by atomic mass is 32.1. The van der Waals surface area contributed by atoms with Crippen LogP contribution in [0.4, 0.5) is 0 Å². The second-order valence-electron chi connectivity index (χ2n) is 12.4. The minimum Gasteiger partial charge on any atom is -0.456 e. The predicted octanol–water partition coefficient (Wildman–Crippen LogP) is 12.5. The zero-order chi connectivity index (χ0) is 33.0. The average Bonchev–Trinajstić information content (AvgIpc) is 3.76. The van der Waals surface area contributed by atoms with E-state index in [0.29, 0.717) is 17.5 Å². The summed E-state index contributed by atoms with van der Waals surface area (Å²) >= 11 is 1.84. The van der Waals surface area contributed by atoms with Gasteiger partial charge in [0.15, 0.2) is 17.5 Å². The Balaban J connectivity index is 1.12. The van der Waals surface area contributed by atoms with E-state index < -0.39 is 0 Å². The van der Waals surface area contributed by atoms with Gasteiger partial charge in [-0.15, -0.1) is 11.3 Å². The number of para-hydroxylation sites is 1. The Morgan fingerprint density at radius 1 is 0.360 bits per heavy atom. The molecule has 5 heteroatoms. The van der Waals surface area contributed by atoms with Crippen molar-refractivity contribution in [2.24, 2.45) is 0 Å². The van der Waals surface area contributed by atoms with Crippen molar-refractivity contribution in [3.8, 4) is 56.4 Å². The second kappa shape index (κ2) is 11.6. The highest BCUT2D eigenvalue weighted by molar-refractivity contribution is 7.26. The molecule has 0 spiro atoms. The summed E-state index contributed by atoms with van der Waals surface area (Å²) in [6.07, 6.45) is 0. The van der Waals surface area contributed by atoms with Gasteiger partial charge in [0.05, 0.1) is 0 Å². The van der Waals surface area contributed by atoms with Crippen molar-refractivity contribution < 1.29 is 4.42 Å². The largest absolute Gasteiger partial charge is 0.456 e. The van der Waals surface area contributed by atoms with Crippen LogP contribution in [0, 0.1) is 0 Å². The van der Waals surface area contributed by atoms with Crippen molar-refractivity contribution in [2.75, 3.05) is 0 Å². The summed E-state index contributed by atoms with van der Waals surface area (Å²) in [5.74, 6) is 1.83. The lowest BCUT2D eigenvalue weighted by Crippen LogP contribution is -2.00. The van der Waals surface area contributed by atoms with Crippen molar-refractivity contribution in [3.05, 3.63) is 164 Å². The lowest BCUT2D eigenvalue weighted by molar-refractivity contribution is 0.669. The Morgan fingerprint density at radius 2 is 0.920 bits per heavy atom. The van der Waals surface area contributed by atoms with E-state index in [2.05, 4.69) is 133 Å². The predicted molar refractivity (Wildman–Crippen MR) is 207 cm³/mol. The number of fused-ring (bicyclic) bond motifs is 6. The zero-order valence-corrected chi connectivity index (χ0v) is 27.6. The van der Waals surface area contributed by atoms with Gasteiger partial charge in [0.25, 0.3) is 0 Å². The maximum atomic E-state index is 6.25. The van der Waals surface area contributed by atoms with Crippen LogP contribution in [0.3, 0.4) is 0 Å². The maximum absolute atomic E-state index is 6.25. The molecule has 10 aromatic rings. The fourth-order valence-electron chi connectivity index (χ4n) is 6.87. The van der Waals surface area contributed by atoms with Crippen LogP contribution in [0.25, 0.3) is 98.5 Å². The molecule has 0 saturated carbocycles. The first-order valence-electron chi connectivity index (χ1n) is 16.6. The third-order valence-electron chi connectivity index (χ3n) is 9.36. The summed E-state index contributed by atoms with van der Waals surface area (Å²) in [6.45, 7) is 0. The fourth-order valence-corrected chi connectivity index (χ4v) is 8.11. The molecule has 3 aromatic heterocycles. The first-order valence-corrected chi connectivity index (χ1v) is 17.4. The van der Waals surface area contributed by atoms with Crippen molar-refractivity contribution in [1.29, 1.82) is 0 Å². The Labute approximate surface area is 292 Å². The summed E-state index contributed by atoms with van der Waals surface area (Å²) in [7, 11) is 0. The van der Waals surface area contributed by atoms with Gasteiger partial charge in [0.2, 0.25) is 0 Å². The van der Waals surface area contributed by atoms with E-state index >= 15 is 0 Å². The summed E-state index contributed by atoms with van der Waals surface area (Å²) in [5, 5.41) is 4.73. The Morgan fingerprint density at radius 3 is 1.76 bits per heavy atom. The Kier molecular flexibility index (Phi) is 6.64. The van der Waals surface area contributed by atoms with Gasteiger partial charge in [0, 0.05) is 47.6 Å². The number of furan rings is 1. The van der Waals surface area contributed by atoms with Crippen LogP contribution in [-0.4, -0.2) is 15.0 Å². The summed E-state index contributed by atoms with van der Waals surface area (Å²) in [6, 6.07) is 56.9. The van der Waals surface area contributed by atoms with Crippen molar-refractivity contribution >= 4 is 53.4 Å². The summed E-state index contributed by atoms with van der Waals surface area (Å²) in [4.78, 5) is 15.2. The van der Waals surface area contributed by atoms with Crippen LogP contribution in [0.1, 0.15) is 0 Å². The van der Waals surface area contributed by atoms with E-state index in [1.807, 2.05) is 41.7 Å². The Bertz CT molecular complexity index is 2870. The third kappa shape index (κ3) is 4.87. The van der Waals surface area contributed by atoms with Gasteiger partial charge in [-0.05, 0) is 52.6 Å². The second-order valence-corrected chi connectivity index (χ2v) is 13.5. The normalized spacial score (nSPS) is 11.6. The lowest BCUT2D eigenvalue weighted by Gasteiger charge is -2.10. The number of hydrogen-bond donors (Lipinski definition) is 0. The van der Waals surface area contributed by atoms with Crippen LogP contribution in [0.2, 0.25) is 0 Å². The van der Waals surface area contributed by atoms with E-state index in [1.165, 1.54) is 31.3 Å². The van der Waals surface area contributed by atoms with Gasteiger partial charge in [-0.2, -0.15) is 0 Å². The molecular formula is C45H27N3OS. The van der Waals surface area contributed by atoms with Gasteiger partial charge in [-0.25, -0.2) is 15.0 Å². The van der Waals surface area contributed by atoms with Gasteiger partial charge >= 0.3 is 0 Å². The molecular weight excluding hydrogens is 631 g/mol. The number of nitrogens with zero attached hydrogens (tertiary/aromatic N) is 3. The molecule has 0 aliphatic heterocycles. The number of hydrogen-bond acceptors (Lipinski definition) is 5. The van der Waals surface area contributed by atoms with E-state index in [9.17, 15) is 0 Å². The molecule has 50 heavy (non-hydrogen) atoms. The van der Waals surface area contributed by atoms with Crippen LogP contribution >= 0.6 is 11.3 Å². The monoisotopic (exact) mass is 657 g/mol. The van der Waals surface area contributed by atoms with Crippen LogP contribution in [0.5, 0.6) is 0 Å². The third-order valence-corrected chi connectivity index (χ3v) is 10.6. The minimum atomic E-state index is 0.594. The van der Waals surface area contributed by atoms with E-state index in [1.54, 1.807) is 0 Å². The lowest BCUT2D eigenvalue weighted by atomic mass is 10.0. The van der Waals surface area contributed by atoms with E-state index in [0.717, 1.165) is 49.8 Å². The standard InChI is InChI=1S/C45H27N3OS/c1-2-10-28(11-3-1)29-20-22-30(23-21-29)43-46-44(48-45(47-43)33-24-25-36-35-14-4-6-18-39(35)49-40(36)27-33)32-13-8-12-31(26-32)34-16-9-17-38-37-15-5-7-19-41(37)50-42(34)38/h1-27H. The molecule has 0 aliphatic carbocycles. The first-order chi connectivity index (χ1) is 24.7. The topological polar surface area (TPSA) is 51.8 Å². The molecule has 0 aliphatic rings. The first kappa shape index (κ1) is 28.6. The molecule has 0 fully saturated rings. The van der Waals surface area contributed by atoms with Crippen LogP contribution < -0.4 is 0 Å². The fraction of sp³-hybridized carbons (Fsp3) is 0. The van der Waals surface area contributed by atoms with Gasteiger partial charge in [-0.3, -0.25) is 0 Å². The number of thiophene rings is 1. The number of aromatic nitrogens is 3. The molecule has 7 aromatic carbocycles.